The van der Waals surface area contributed by atoms with Crippen LogP contribution in [-0.2, 0) is 6.18 Å². The molecular formula is C11H7F3N2S. The highest BCUT2D eigenvalue weighted by Crippen LogP contribution is 2.29. The fourth-order valence-corrected chi connectivity index (χ4v) is 1.20. The van der Waals surface area contributed by atoms with Gasteiger partial charge in [0.15, 0.2) is 0 Å². The first-order valence-corrected chi connectivity index (χ1v) is 4.84. The smallest absolute Gasteiger partial charge is 0.389 e. The Balaban J connectivity index is 3.05. The summed E-state index contributed by atoms with van der Waals surface area (Å²) in [5, 5.41) is 8.68. The van der Waals surface area contributed by atoms with Gasteiger partial charge in [-0.25, -0.2) is 0 Å². The molecule has 0 aliphatic heterocycles. The van der Waals surface area contributed by atoms with Crippen LogP contribution in [0.5, 0.6) is 0 Å². The molecule has 0 heterocycles. The van der Waals surface area contributed by atoms with E-state index in [1.54, 1.807) is 6.07 Å². The summed E-state index contributed by atoms with van der Waals surface area (Å²) in [7, 11) is 0. The van der Waals surface area contributed by atoms with Gasteiger partial charge in [0.1, 0.15) is 11.1 Å². The van der Waals surface area contributed by atoms with Gasteiger partial charge in [0, 0.05) is 0 Å². The van der Waals surface area contributed by atoms with E-state index in [9.17, 15) is 13.2 Å². The summed E-state index contributed by atoms with van der Waals surface area (Å²) < 4.78 is 36.8. The van der Waals surface area contributed by atoms with Crippen LogP contribution in [0.3, 0.4) is 0 Å². The molecule has 0 aromatic heterocycles. The Morgan fingerprint density at radius 3 is 2.18 bits per heavy atom. The molecule has 0 amide bonds. The molecule has 0 saturated carbocycles. The lowest BCUT2D eigenvalue weighted by Gasteiger charge is -2.06. The van der Waals surface area contributed by atoms with Crippen molar-refractivity contribution in [1.29, 1.82) is 5.26 Å². The number of rotatable bonds is 2. The van der Waals surface area contributed by atoms with Crippen molar-refractivity contribution in [2.75, 3.05) is 0 Å². The number of alkyl halides is 3. The summed E-state index contributed by atoms with van der Waals surface area (Å²) in [5.41, 5.74) is 5.00. The van der Waals surface area contributed by atoms with Gasteiger partial charge in [-0.2, -0.15) is 18.4 Å². The quantitative estimate of drug-likeness (QED) is 0.503. The molecule has 2 nitrogen and oxygen atoms in total. The van der Waals surface area contributed by atoms with Gasteiger partial charge in [0.05, 0.1) is 11.1 Å². The molecule has 0 aliphatic carbocycles. The Bertz CT molecular complexity index is 495. The zero-order valence-corrected chi connectivity index (χ0v) is 9.27. The average molecular weight is 256 g/mol. The first-order chi connectivity index (χ1) is 7.84. The summed E-state index contributed by atoms with van der Waals surface area (Å²) in [6.45, 7) is 0. The van der Waals surface area contributed by atoms with Crippen molar-refractivity contribution in [3.05, 3.63) is 41.0 Å². The van der Waals surface area contributed by atoms with Gasteiger partial charge in [-0.1, -0.05) is 24.4 Å². The number of thiocarbonyl (C=S) groups is 1. The Morgan fingerprint density at radius 2 is 1.82 bits per heavy atom. The number of nitrogens with zero attached hydrogens (tertiary/aromatic N) is 1. The van der Waals surface area contributed by atoms with Crippen LogP contribution in [0.2, 0.25) is 0 Å². The standard InChI is InChI=1S/C11H7F3N2S/c12-11(13,14)9-3-1-7(2-4-9)5-8(6-15)10(16)17/h1-5H,(H2,16,17). The van der Waals surface area contributed by atoms with Crippen molar-refractivity contribution in [3.8, 4) is 6.07 Å². The average Bonchev–Trinajstić information content (AvgIpc) is 2.25. The van der Waals surface area contributed by atoms with E-state index in [0.29, 0.717) is 5.56 Å². The molecule has 1 rings (SSSR count). The van der Waals surface area contributed by atoms with E-state index < -0.39 is 11.7 Å². The SMILES string of the molecule is N#CC(=Cc1ccc(C(F)(F)F)cc1)C(N)=S. The molecule has 1 aromatic carbocycles. The number of nitriles is 1. The largest absolute Gasteiger partial charge is 0.416 e. The minimum absolute atomic E-state index is 0.0553. The van der Waals surface area contributed by atoms with Gasteiger partial charge in [-0.05, 0) is 23.8 Å². The molecule has 0 saturated heterocycles. The predicted molar refractivity (Wildman–Crippen MR) is 61.8 cm³/mol. The second kappa shape index (κ2) is 4.97. The van der Waals surface area contributed by atoms with Crippen LogP contribution >= 0.6 is 12.2 Å². The monoisotopic (exact) mass is 256 g/mol. The normalized spacial score (nSPS) is 12.0. The molecule has 88 valence electrons. The lowest BCUT2D eigenvalue weighted by Crippen LogP contribution is -2.09. The zero-order chi connectivity index (χ0) is 13.1. The van der Waals surface area contributed by atoms with Crippen LogP contribution in [0.1, 0.15) is 11.1 Å². The van der Waals surface area contributed by atoms with Gasteiger partial charge in [-0.3, -0.25) is 0 Å². The fourth-order valence-electron chi connectivity index (χ4n) is 1.09. The lowest BCUT2D eigenvalue weighted by molar-refractivity contribution is -0.137. The van der Waals surface area contributed by atoms with Gasteiger partial charge in [0.25, 0.3) is 0 Å². The molecule has 0 fully saturated rings. The summed E-state index contributed by atoms with van der Waals surface area (Å²) in [6.07, 6.45) is -3.04. The van der Waals surface area contributed by atoms with Crippen LogP contribution in [0.4, 0.5) is 13.2 Å². The molecule has 0 bridgehead atoms. The second-order valence-electron chi connectivity index (χ2n) is 3.15. The Labute approximate surface area is 101 Å². The second-order valence-corrected chi connectivity index (χ2v) is 3.59. The summed E-state index contributed by atoms with van der Waals surface area (Å²) >= 11 is 4.61. The van der Waals surface area contributed by atoms with Gasteiger partial charge < -0.3 is 5.73 Å². The van der Waals surface area contributed by atoms with Crippen LogP contribution in [0.15, 0.2) is 29.8 Å². The van der Waals surface area contributed by atoms with Gasteiger partial charge >= 0.3 is 6.18 Å². The van der Waals surface area contributed by atoms with E-state index in [1.807, 2.05) is 0 Å². The van der Waals surface area contributed by atoms with E-state index in [1.165, 1.54) is 18.2 Å². The molecule has 17 heavy (non-hydrogen) atoms. The number of benzene rings is 1. The molecule has 6 heteroatoms. The number of nitrogens with two attached hydrogens (primary N) is 1. The first kappa shape index (κ1) is 13.2. The molecular weight excluding hydrogens is 249 g/mol. The highest BCUT2D eigenvalue weighted by molar-refractivity contribution is 7.80. The Hall–Kier alpha value is -1.87. The van der Waals surface area contributed by atoms with Crippen LogP contribution < -0.4 is 5.73 Å². The zero-order valence-electron chi connectivity index (χ0n) is 8.45. The van der Waals surface area contributed by atoms with Crippen molar-refractivity contribution < 1.29 is 13.2 Å². The predicted octanol–water partition coefficient (Wildman–Crippen LogP) is 2.90. The summed E-state index contributed by atoms with van der Waals surface area (Å²) in [5.74, 6) is 0. The Morgan fingerprint density at radius 1 is 1.29 bits per heavy atom. The Kier molecular flexibility index (Phi) is 3.86. The van der Waals surface area contributed by atoms with Crippen LogP contribution in [0.25, 0.3) is 6.08 Å². The summed E-state index contributed by atoms with van der Waals surface area (Å²) in [6, 6.07) is 6.13. The van der Waals surface area contributed by atoms with Crippen molar-refractivity contribution >= 4 is 23.3 Å². The van der Waals surface area contributed by atoms with Crippen LogP contribution in [0, 0.1) is 11.3 Å². The van der Waals surface area contributed by atoms with Crippen molar-refractivity contribution in [3.63, 3.8) is 0 Å². The summed E-state index contributed by atoms with van der Waals surface area (Å²) in [4.78, 5) is -0.0904. The molecule has 0 aliphatic rings. The van der Waals surface area contributed by atoms with E-state index in [4.69, 9.17) is 11.0 Å². The third-order valence-electron chi connectivity index (χ3n) is 1.93. The van der Waals surface area contributed by atoms with Crippen LogP contribution in [-0.4, -0.2) is 4.99 Å². The van der Waals surface area contributed by atoms with Gasteiger partial charge in [0.2, 0.25) is 0 Å². The molecule has 0 radical (unpaired) electrons. The fraction of sp³-hybridized carbons (Fsp3) is 0.0909. The van der Waals surface area contributed by atoms with Gasteiger partial charge in [-0.15, -0.1) is 0 Å². The van der Waals surface area contributed by atoms with Crippen molar-refractivity contribution in [1.82, 2.24) is 0 Å². The third kappa shape index (κ3) is 3.57. The third-order valence-corrected chi connectivity index (χ3v) is 2.15. The minimum atomic E-state index is -4.37. The number of hydrogen-bond acceptors (Lipinski definition) is 2. The van der Waals surface area contributed by atoms with E-state index in [0.717, 1.165) is 12.1 Å². The highest BCUT2D eigenvalue weighted by atomic mass is 32.1. The molecule has 0 spiro atoms. The lowest BCUT2D eigenvalue weighted by atomic mass is 10.1. The molecule has 1 aromatic rings. The first-order valence-electron chi connectivity index (χ1n) is 4.43. The maximum Gasteiger partial charge on any atom is 0.416 e. The van der Waals surface area contributed by atoms with E-state index in [-0.39, 0.29) is 10.6 Å². The molecule has 0 atom stereocenters. The maximum atomic E-state index is 12.3. The molecule has 2 N–H and O–H groups in total. The van der Waals surface area contributed by atoms with Crippen molar-refractivity contribution in [2.45, 2.75) is 6.18 Å². The molecule has 0 unspecified atom stereocenters. The topological polar surface area (TPSA) is 49.8 Å². The maximum absolute atomic E-state index is 12.3. The highest BCUT2D eigenvalue weighted by Gasteiger charge is 2.29. The number of halogens is 3. The number of hydrogen-bond donors (Lipinski definition) is 1. The minimum Gasteiger partial charge on any atom is -0.389 e. The van der Waals surface area contributed by atoms with Crippen molar-refractivity contribution in [2.24, 2.45) is 5.73 Å². The van der Waals surface area contributed by atoms with E-state index in [2.05, 4.69) is 12.2 Å². The van der Waals surface area contributed by atoms with E-state index >= 15 is 0 Å².